The predicted octanol–water partition coefficient (Wildman–Crippen LogP) is 1.16. The maximum Gasteiger partial charge on any atom is 0.240 e. The van der Waals surface area contributed by atoms with Crippen molar-refractivity contribution in [3.05, 3.63) is 46.4 Å². The summed E-state index contributed by atoms with van der Waals surface area (Å²) in [5.41, 5.74) is 0.904. The first-order valence-electron chi connectivity index (χ1n) is 5.69. The Morgan fingerprint density at radius 1 is 1.26 bits per heavy atom. The van der Waals surface area contributed by atoms with E-state index in [9.17, 15) is 8.42 Å². The van der Waals surface area contributed by atoms with Crippen LogP contribution in [0, 0.1) is 0 Å². The van der Waals surface area contributed by atoms with Crippen LogP contribution in [0.15, 0.2) is 40.7 Å². The van der Waals surface area contributed by atoms with Gasteiger partial charge in [-0.25, -0.2) is 18.1 Å². The third kappa shape index (κ3) is 3.84. The van der Waals surface area contributed by atoms with Gasteiger partial charge >= 0.3 is 0 Å². The zero-order chi connectivity index (χ0) is 13.7. The van der Waals surface area contributed by atoms with Crippen molar-refractivity contribution in [1.82, 2.24) is 9.71 Å². The van der Waals surface area contributed by atoms with Gasteiger partial charge in [-0.05, 0) is 24.1 Å². The third-order valence-corrected chi connectivity index (χ3v) is 4.73. The summed E-state index contributed by atoms with van der Waals surface area (Å²) in [6.07, 6.45) is 2.16. The highest BCUT2D eigenvalue weighted by Crippen LogP contribution is 2.12. The van der Waals surface area contributed by atoms with E-state index in [2.05, 4.69) is 9.71 Å². The molecular formula is C12H14N2O3S2. The molecule has 5 nitrogen and oxygen atoms in total. The first-order chi connectivity index (χ1) is 9.12. The Bertz CT molecular complexity index is 607. The number of rotatable bonds is 6. The van der Waals surface area contributed by atoms with Crippen molar-refractivity contribution in [2.75, 3.05) is 6.61 Å². The third-order valence-electron chi connectivity index (χ3n) is 2.53. The number of aromatic nitrogens is 1. The molecule has 0 fully saturated rings. The van der Waals surface area contributed by atoms with E-state index in [0.717, 1.165) is 10.6 Å². The molecule has 0 aliphatic rings. The first kappa shape index (κ1) is 14.1. The predicted molar refractivity (Wildman–Crippen MR) is 73.4 cm³/mol. The Morgan fingerprint density at radius 2 is 2.00 bits per heavy atom. The van der Waals surface area contributed by atoms with Crippen molar-refractivity contribution in [2.45, 2.75) is 17.9 Å². The van der Waals surface area contributed by atoms with Gasteiger partial charge in [0.15, 0.2) is 0 Å². The molecule has 1 aromatic heterocycles. The SMILES string of the molecule is O=S(=O)(NCc1nccs1)c1ccc(CCO)cc1. The monoisotopic (exact) mass is 298 g/mol. The summed E-state index contributed by atoms with van der Waals surface area (Å²) < 4.78 is 26.5. The van der Waals surface area contributed by atoms with Crippen LogP contribution < -0.4 is 4.72 Å². The topological polar surface area (TPSA) is 79.3 Å². The summed E-state index contributed by atoms with van der Waals surface area (Å²) in [6.45, 7) is 0.243. The minimum Gasteiger partial charge on any atom is -0.396 e. The van der Waals surface area contributed by atoms with Crippen LogP contribution >= 0.6 is 11.3 Å². The molecule has 0 radical (unpaired) electrons. The molecular weight excluding hydrogens is 284 g/mol. The average molecular weight is 298 g/mol. The first-order valence-corrected chi connectivity index (χ1v) is 8.06. The normalized spacial score (nSPS) is 11.6. The van der Waals surface area contributed by atoms with Gasteiger partial charge in [-0.3, -0.25) is 0 Å². The van der Waals surface area contributed by atoms with Crippen LogP contribution in [0.1, 0.15) is 10.6 Å². The van der Waals surface area contributed by atoms with E-state index >= 15 is 0 Å². The van der Waals surface area contributed by atoms with Crippen LogP contribution in [0.5, 0.6) is 0 Å². The number of thiazole rings is 1. The summed E-state index contributed by atoms with van der Waals surface area (Å²) in [5, 5.41) is 11.3. The van der Waals surface area contributed by atoms with Crippen LogP contribution in [0.2, 0.25) is 0 Å². The minimum atomic E-state index is -3.51. The second kappa shape index (κ2) is 6.25. The highest BCUT2D eigenvalue weighted by molar-refractivity contribution is 7.89. The van der Waals surface area contributed by atoms with Gasteiger partial charge in [0.1, 0.15) is 5.01 Å². The summed E-state index contributed by atoms with van der Waals surface area (Å²) >= 11 is 1.40. The molecule has 2 aromatic rings. The molecule has 2 rings (SSSR count). The van der Waals surface area contributed by atoms with Gasteiger partial charge in [-0.2, -0.15) is 0 Å². The van der Waals surface area contributed by atoms with Crippen molar-refractivity contribution in [3.63, 3.8) is 0 Å². The van der Waals surface area contributed by atoms with Crippen LogP contribution in [0.25, 0.3) is 0 Å². The lowest BCUT2D eigenvalue weighted by molar-refractivity contribution is 0.299. The van der Waals surface area contributed by atoms with Crippen LogP contribution in [-0.2, 0) is 23.0 Å². The Kier molecular flexibility index (Phi) is 4.65. The van der Waals surface area contributed by atoms with Gasteiger partial charge in [0.05, 0.1) is 11.4 Å². The number of benzene rings is 1. The van der Waals surface area contributed by atoms with E-state index in [4.69, 9.17) is 5.11 Å². The largest absolute Gasteiger partial charge is 0.396 e. The Morgan fingerprint density at radius 3 is 2.58 bits per heavy atom. The molecule has 2 N–H and O–H groups in total. The van der Waals surface area contributed by atoms with Gasteiger partial charge in [-0.1, -0.05) is 12.1 Å². The van der Waals surface area contributed by atoms with E-state index in [1.54, 1.807) is 23.7 Å². The molecule has 7 heteroatoms. The quantitative estimate of drug-likeness (QED) is 0.838. The number of nitrogens with zero attached hydrogens (tertiary/aromatic N) is 1. The van der Waals surface area contributed by atoms with Crippen molar-refractivity contribution >= 4 is 21.4 Å². The number of hydrogen-bond acceptors (Lipinski definition) is 5. The molecule has 0 saturated heterocycles. The van der Waals surface area contributed by atoms with Crippen molar-refractivity contribution < 1.29 is 13.5 Å². The molecule has 0 amide bonds. The summed E-state index contributed by atoms with van der Waals surface area (Å²) in [5.74, 6) is 0. The van der Waals surface area contributed by atoms with Gasteiger partial charge < -0.3 is 5.11 Å². The molecule has 0 unspecified atom stereocenters. The fourth-order valence-corrected chi connectivity index (χ4v) is 3.18. The lowest BCUT2D eigenvalue weighted by Crippen LogP contribution is -2.23. The molecule has 0 spiro atoms. The molecule has 19 heavy (non-hydrogen) atoms. The second-order valence-electron chi connectivity index (χ2n) is 3.87. The van der Waals surface area contributed by atoms with Crippen LogP contribution in [0.3, 0.4) is 0 Å². The van der Waals surface area contributed by atoms with Crippen molar-refractivity contribution in [3.8, 4) is 0 Å². The van der Waals surface area contributed by atoms with E-state index < -0.39 is 10.0 Å². The Balaban J connectivity index is 2.06. The van der Waals surface area contributed by atoms with E-state index in [-0.39, 0.29) is 18.0 Å². The van der Waals surface area contributed by atoms with Gasteiger partial charge in [0.2, 0.25) is 10.0 Å². The lowest BCUT2D eigenvalue weighted by atomic mass is 10.2. The number of hydrogen-bond donors (Lipinski definition) is 2. The highest BCUT2D eigenvalue weighted by Gasteiger charge is 2.13. The van der Waals surface area contributed by atoms with Gasteiger partial charge in [0, 0.05) is 18.2 Å². The van der Waals surface area contributed by atoms with Crippen molar-refractivity contribution in [1.29, 1.82) is 0 Å². The van der Waals surface area contributed by atoms with E-state index in [0.29, 0.717) is 6.42 Å². The summed E-state index contributed by atoms with van der Waals surface area (Å²) in [6, 6.07) is 6.48. The number of nitrogens with one attached hydrogen (secondary N) is 1. The lowest BCUT2D eigenvalue weighted by Gasteiger charge is -2.06. The number of aliphatic hydroxyl groups is 1. The number of sulfonamides is 1. The van der Waals surface area contributed by atoms with E-state index in [1.165, 1.54) is 23.5 Å². The van der Waals surface area contributed by atoms with E-state index in [1.807, 2.05) is 0 Å². The fourth-order valence-electron chi connectivity index (χ4n) is 1.54. The standard InChI is InChI=1S/C12H14N2O3S2/c15-7-5-10-1-3-11(4-2-10)19(16,17)14-9-12-13-6-8-18-12/h1-4,6,8,14-15H,5,7,9H2. The molecule has 0 atom stereocenters. The second-order valence-corrected chi connectivity index (χ2v) is 6.61. The Labute approximate surface area is 116 Å². The van der Waals surface area contributed by atoms with Crippen LogP contribution in [0.4, 0.5) is 0 Å². The van der Waals surface area contributed by atoms with Gasteiger partial charge in [-0.15, -0.1) is 11.3 Å². The molecule has 0 aliphatic carbocycles. The molecule has 1 heterocycles. The fraction of sp³-hybridized carbons (Fsp3) is 0.250. The minimum absolute atomic E-state index is 0.0500. The Hall–Kier alpha value is -1.28. The van der Waals surface area contributed by atoms with Crippen molar-refractivity contribution in [2.24, 2.45) is 0 Å². The smallest absolute Gasteiger partial charge is 0.240 e. The number of aliphatic hydroxyl groups excluding tert-OH is 1. The zero-order valence-corrected chi connectivity index (χ0v) is 11.7. The summed E-state index contributed by atoms with van der Waals surface area (Å²) in [4.78, 5) is 4.23. The molecule has 1 aromatic carbocycles. The molecule has 0 bridgehead atoms. The molecule has 0 saturated carbocycles. The van der Waals surface area contributed by atoms with Gasteiger partial charge in [0.25, 0.3) is 0 Å². The maximum absolute atomic E-state index is 12.0. The average Bonchev–Trinajstić information content (AvgIpc) is 2.91. The molecule has 102 valence electrons. The maximum atomic E-state index is 12.0. The highest BCUT2D eigenvalue weighted by atomic mass is 32.2. The zero-order valence-electron chi connectivity index (χ0n) is 10.1. The summed E-state index contributed by atoms with van der Waals surface area (Å²) in [7, 11) is -3.51. The van der Waals surface area contributed by atoms with Crippen LogP contribution in [-0.4, -0.2) is 25.1 Å². The molecule has 0 aliphatic heterocycles.